The third-order valence-electron chi connectivity index (χ3n) is 4.61. The molecule has 1 amide bonds. The van der Waals surface area contributed by atoms with Gasteiger partial charge in [-0.3, -0.25) is 4.79 Å². The molecule has 2 aromatic carbocycles. The summed E-state index contributed by atoms with van der Waals surface area (Å²) in [7, 11) is 0. The third kappa shape index (κ3) is 3.10. The van der Waals surface area contributed by atoms with Crippen molar-refractivity contribution in [3.8, 4) is 11.4 Å². The number of hydrogen-bond donors (Lipinski definition) is 0. The standard InChI is InChI=1S/C20H18FN3O2/c1-13-4-2-5-15(12-13)18-22-19(26-23-18)17-6-3-11-24(17)20(25)14-7-9-16(21)10-8-14/h2,4-5,7-10,12,17H,3,6,11H2,1H3. The lowest BCUT2D eigenvalue weighted by molar-refractivity contribution is 0.0710. The van der Waals surface area contributed by atoms with Crippen LogP contribution in [0.2, 0.25) is 0 Å². The molecule has 0 spiro atoms. The number of halogens is 1. The number of benzene rings is 2. The van der Waals surface area contributed by atoms with E-state index < -0.39 is 0 Å². The summed E-state index contributed by atoms with van der Waals surface area (Å²) >= 11 is 0. The highest BCUT2D eigenvalue weighted by molar-refractivity contribution is 5.94. The molecule has 1 saturated heterocycles. The molecule has 0 saturated carbocycles. The van der Waals surface area contributed by atoms with Gasteiger partial charge in [-0.25, -0.2) is 4.39 Å². The molecule has 0 radical (unpaired) electrons. The van der Waals surface area contributed by atoms with E-state index in [2.05, 4.69) is 10.1 Å². The molecule has 1 fully saturated rings. The molecular formula is C20H18FN3O2. The Morgan fingerprint density at radius 3 is 2.81 bits per heavy atom. The van der Waals surface area contributed by atoms with E-state index in [-0.39, 0.29) is 17.8 Å². The fourth-order valence-corrected chi connectivity index (χ4v) is 3.30. The maximum absolute atomic E-state index is 13.1. The van der Waals surface area contributed by atoms with Gasteiger partial charge in [0.25, 0.3) is 5.91 Å². The van der Waals surface area contributed by atoms with Gasteiger partial charge in [0.2, 0.25) is 11.7 Å². The average Bonchev–Trinajstić information content (AvgIpc) is 3.31. The van der Waals surface area contributed by atoms with Crippen molar-refractivity contribution in [1.29, 1.82) is 0 Å². The lowest BCUT2D eigenvalue weighted by Gasteiger charge is -2.21. The van der Waals surface area contributed by atoms with E-state index in [1.165, 1.54) is 24.3 Å². The van der Waals surface area contributed by atoms with Crippen LogP contribution in [0.15, 0.2) is 53.1 Å². The molecule has 1 aromatic heterocycles. The van der Waals surface area contributed by atoms with Gasteiger partial charge in [0, 0.05) is 17.7 Å². The molecular weight excluding hydrogens is 333 g/mol. The van der Waals surface area contributed by atoms with E-state index in [1.54, 1.807) is 4.90 Å². The van der Waals surface area contributed by atoms with Gasteiger partial charge in [-0.05, 0) is 50.1 Å². The highest BCUT2D eigenvalue weighted by Gasteiger charge is 2.34. The number of amides is 1. The molecule has 4 rings (SSSR count). The zero-order valence-corrected chi connectivity index (χ0v) is 14.4. The smallest absolute Gasteiger partial charge is 0.254 e. The summed E-state index contributed by atoms with van der Waals surface area (Å²) in [6.45, 7) is 2.62. The number of hydrogen-bond acceptors (Lipinski definition) is 4. The number of aryl methyl sites for hydroxylation is 1. The summed E-state index contributed by atoms with van der Waals surface area (Å²) in [5, 5.41) is 4.08. The van der Waals surface area contributed by atoms with Crippen molar-refractivity contribution < 1.29 is 13.7 Å². The van der Waals surface area contributed by atoms with Crippen LogP contribution >= 0.6 is 0 Å². The molecule has 1 aliphatic heterocycles. The molecule has 1 aliphatic rings. The maximum atomic E-state index is 13.1. The molecule has 5 nitrogen and oxygen atoms in total. The topological polar surface area (TPSA) is 59.2 Å². The zero-order chi connectivity index (χ0) is 18.1. The molecule has 0 bridgehead atoms. The van der Waals surface area contributed by atoms with Crippen molar-refractivity contribution in [2.45, 2.75) is 25.8 Å². The summed E-state index contributed by atoms with van der Waals surface area (Å²) in [6.07, 6.45) is 1.63. The number of aromatic nitrogens is 2. The largest absolute Gasteiger partial charge is 0.337 e. The summed E-state index contributed by atoms with van der Waals surface area (Å²) in [5.41, 5.74) is 2.45. The minimum absolute atomic E-state index is 0.150. The van der Waals surface area contributed by atoms with Gasteiger partial charge < -0.3 is 9.42 Å². The van der Waals surface area contributed by atoms with E-state index in [4.69, 9.17) is 4.52 Å². The van der Waals surface area contributed by atoms with Gasteiger partial charge in [0.15, 0.2) is 0 Å². The molecule has 1 atom stereocenters. The molecule has 0 N–H and O–H groups in total. The van der Waals surface area contributed by atoms with Crippen molar-refractivity contribution in [2.75, 3.05) is 6.54 Å². The van der Waals surface area contributed by atoms with Gasteiger partial charge in [-0.15, -0.1) is 0 Å². The van der Waals surface area contributed by atoms with Crippen LogP contribution in [-0.4, -0.2) is 27.5 Å². The van der Waals surface area contributed by atoms with Gasteiger partial charge in [0.1, 0.15) is 11.9 Å². The van der Waals surface area contributed by atoms with Crippen LogP contribution in [0.3, 0.4) is 0 Å². The predicted molar refractivity (Wildman–Crippen MR) is 93.9 cm³/mol. The molecule has 26 heavy (non-hydrogen) atoms. The fraction of sp³-hybridized carbons (Fsp3) is 0.250. The Balaban J connectivity index is 1.59. The minimum atomic E-state index is -0.362. The second-order valence-corrected chi connectivity index (χ2v) is 6.49. The van der Waals surface area contributed by atoms with Crippen LogP contribution in [-0.2, 0) is 0 Å². The third-order valence-corrected chi connectivity index (χ3v) is 4.61. The normalized spacial score (nSPS) is 16.8. The van der Waals surface area contributed by atoms with E-state index >= 15 is 0 Å². The van der Waals surface area contributed by atoms with E-state index in [0.29, 0.717) is 23.8 Å². The number of nitrogens with zero attached hydrogens (tertiary/aromatic N) is 3. The second kappa shape index (κ2) is 6.71. The summed E-state index contributed by atoms with van der Waals surface area (Å²) < 4.78 is 18.6. The first-order valence-corrected chi connectivity index (χ1v) is 8.59. The lowest BCUT2D eigenvalue weighted by atomic mass is 10.1. The molecule has 6 heteroatoms. The zero-order valence-electron chi connectivity index (χ0n) is 14.4. The molecule has 3 aromatic rings. The Kier molecular flexibility index (Phi) is 4.24. The van der Waals surface area contributed by atoms with Gasteiger partial charge >= 0.3 is 0 Å². The Morgan fingerprint density at radius 2 is 2.04 bits per heavy atom. The molecule has 2 heterocycles. The predicted octanol–water partition coefficient (Wildman–Crippen LogP) is 4.16. The average molecular weight is 351 g/mol. The SMILES string of the molecule is Cc1cccc(-c2noc(C3CCCN3C(=O)c3ccc(F)cc3)n2)c1. The van der Waals surface area contributed by atoms with Crippen LogP contribution in [0.4, 0.5) is 4.39 Å². The Hall–Kier alpha value is -3.02. The van der Waals surface area contributed by atoms with E-state index in [9.17, 15) is 9.18 Å². The maximum Gasteiger partial charge on any atom is 0.254 e. The van der Waals surface area contributed by atoms with E-state index in [1.807, 2.05) is 31.2 Å². The number of likely N-dealkylation sites (tertiary alicyclic amines) is 1. The second-order valence-electron chi connectivity index (χ2n) is 6.49. The monoisotopic (exact) mass is 351 g/mol. The van der Waals surface area contributed by atoms with Crippen molar-refractivity contribution in [2.24, 2.45) is 0 Å². The first-order chi connectivity index (χ1) is 12.6. The first kappa shape index (κ1) is 16.4. The van der Waals surface area contributed by atoms with Crippen molar-refractivity contribution in [1.82, 2.24) is 15.0 Å². The number of rotatable bonds is 3. The van der Waals surface area contributed by atoms with Crippen molar-refractivity contribution in [3.05, 3.63) is 71.4 Å². The first-order valence-electron chi connectivity index (χ1n) is 8.59. The fourth-order valence-electron chi connectivity index (χ4n) is 3.30. The highest BCUT2D eigenvalue weighted by Crippen LogP contribution is 2.33. The van der Waals surface area contributed by atoms with Crippen LogP contribution in [0, 0.1) is 12.7 Å². The molecule has 132 valence electrons. The molecule has 1 unspecified atom stereocenters. The molecule has 0 aliphatic carbocycles. The Labute approximate surface area is 150 Å². The van der Waals surface area contributed by atoms with Gasteiger partial charge in [-0.1, -0.05) is 28.9 Å². The van der Waals surface area contributed by atoms with Crippen LogP contribution < -0.4 is 0 Å². The van der Waals surface area contributed by atoms with Crippen LogP contribution in [0.25, 0.3) is 11.4 Å². The quantitative estimate of drug-likeness (QED) is 0.711. The van der Waals surface area contributed by atoms with Crippen LogP contribution in [0.5, 0.6) is 0 Å². The van der Waals surface area contributed by atoms with Crippen molar-refractivity contribution >= 4 is 5.91 Å². The number of carbonyl (C=O) groups is 1. The summed E-state index contributed by atoms with van der Waals surface area (Å²) in [5.74, 6) is 0.446. The minimum Gasteiger partial charge on any atom is -0.337 e. The summed E-state index contributed by atoms with van der Waals surface area (Å²) in [4.78, 5) is 19.0. The lowest BCUT2D eigenvalue weighted by Crippen LogP contribution is -2.30. The van der Waals surface area contributed by atoms with Crippen molar-refractivity contribution in [3.63, 3.8) is 0 Å². The van der Waals surface area contributed by atoms with E-state index in [0.717, 1.165) is 24.0 Å². The Morgan fingerprint density at radius 1 is 1.23 bits per heavy atom. The Bertz CT molecular complexity index is 936. The highest BCUT2D eigenvalue weighted by atomic mass is 19.1. The van der Waals surface area contributed by atoms with Crippen LogP contribution in [0.1, 0.15) is 40.7 Å². The van der Waals surface area contributed by atoms with Gasteiger partial charge in [-0.2, -0.15) is 4.98 Å². The van der Waals surface area contributed by atoms with Gasteiger partial charge in [0.05, 0.1) is 0 Å². The summed E-state index contributed by atoms with van der Waals surface area (Å²) in [6, 6.07) is 13.2. The number of carbonyl (C=O) groups excluding carboxylic acids is 1.